The number of fused-ring (bicyclic) bond motifs is 10. The molecule has 0 atom stereocenters. The van der Waals surface area contributed by atoms with E-state index in [4.69, 9.17) is 0 Å². The largest absolute Gasteiger partial charge is 0.347 e. The van der Waals surface area contributed by atoms with Gasteiger partial charge in [-0.05, 0) is 138 Å². The number of benzene rings is 9. The van der Waals surface area contributed by atoms with Crippen LogP contribution in [0.1, 0.15) is 43.2 Å². The van der Waals surface area contributed by atoms with Gasteiger partial charge in [0.05, 0.1) is 22.1 Å². The van der Waals surface area contributed by atoms with Crippen molar-refractivity contribution in [3.8, 4) is 44.8 Å². The van der Waals surface area contributed by atoms with Gasteiger partial charge < -0.3 is 13.7 Å². The lowest BCUT2D eigenvalue weighted by molar-refractivity contribution is 0.916. The molecule has 0 unspecified atom stereocenters. The number of aromatic nitrogens is 3. The smallest absolute Gasteiger partial charge is 0.0541 e. The molecule has 12 aromatic rings. The first-order valence-corrected chi connectivity index (χ1v) is 27.2. The summed E-state index contributed by atoms with van der Waals surface area (Å²) in [6, 6.07) is 75.5. The summed E-state index contributed by atoms with van der Waals surface area (Å²) in [5.41, 5.74) is 21.6. The van der Waals surface area contributed by atoms with Crippen molar-refractivity contribution in [2.45, 2.75) is 34.1 Å². The van der Waals surface area contributed by atoms with Gasteiger partial charge in [-0.3, -0.25) is 0 Å². The molecule has 71 heavy (non-hydrogen) atoms. The van der Waals surface area contributed by atoms with Crippen molar-refractivity contribution in [3.05, 3.63) is 235 Å². The van der Waals surface area contributed by atoms with Gasteiger partial charge in [0.1, 0.15) is 0 Å². The highest BCUT2D eigenvalue weighted by Gasteiger charge is 2.21. The van der Waals surface area contributed by atoms with Crippen LogP contribution >= 0.6 is 46.6 Å². The Morgan fingerprint density at radius 1 is 0.394 bits per heavy atom. The van der Waals surface area contributed by atoms with Crippen LogP contribution in [0, 0.1) is 6.92 Å². The second-order valence-electron chi connectivity index (χ2n) is 17.3. The van der Waals surface area contributed by atoms with Crippen LogP contribution in [0.3, 0.4) is 0 Å². The summed E-state index contributed by atoms with van der Waals surface area (Å²) in [5.74, 6) is 0. The van der Waals surface area contributed by atoms with E-state index in [1.54, 1.807) is 0 Å². The Hall–Kier alpha value is -6.74. The standard InChI is InChI=1S/C49H32N2.C13H15N.C2H6.2H2S2/c1-3-11-32(12-4-1)33-20-24-48-44(28-33)45-30-35(22-26-49(45)50(48)38-14-5-2-6-15-38)34-21-25-47-43(29-34)41-17-9-10-18-46(41)51(47)39-23-19-37-27-36-13-7-8-16-40(36)42(37)31-39;1-4-7-11-10(2)14(3)13-9-6-5-8-12(11)13;3*1-2/h1-26,28-31H,27H2;4-9H,1-3H3;1-2H3;2*1-2H/b;7-4-;;;. The molecule has 0 amide bonds. The van der Waals surface area contributed by atoms with E-state index in [9.17, 15) is 0 Å². The van der Waals surface area contributed by atoms with E-state index in [1.165, 1.54) is 122 Å². The van der Waals surface area contributed by atoms with E-state index >= 15 is 0 Å². The molecule has 7 heteroatoms. The van der Waals surface area contributed by atoms with E-state index in [1.807, 2.05) is 13.8 Å². The maximum atomic E-state index is 3.22. The number of thiol groups is 4. The molecule has 0 spiro atoms. The molecule has 3 heterocycles. The number of aryl methyl sites for hydroxylation is 1. The van der Waals surface area contributed by atoms with Crippen LogP contribution in [-0.4, -0.2) is 13.7 Å². The van der Waals surface area contributed by atoms with Crippen molar-refractivity contribution in [1.29, 1.82) is 0 Å². The Balaban J connectivity index is 0.000000265. The summed E-state index contributed by atoms with van der Waals surface area (Å²) < 4.78 is 7.08. The van der Waals surface area contributed by atoms with E-state index < -0.39 is 0 Å². The number of allylic oxidation sites excluding steroid dienone is 1. The highest BCUT2D eigenvalue weighted by Crippen LogP contribution is 2.42. The highest BCUT2D eigenvalue weighted by atomic mass is 33.1. The van der Waals surface area contributed by atoms with Crippen LogP contribution in [0.25, 0.3) is 105 Å². The molecule has 0 aliphatic heterocycles. The Morgan fingerprint density at radius 3 is 1.48 bits per heavy atom. The third-order valence-electron chi connectivity index (χ3n) is 13.7. The van der Waals surface area contributed by atoms with Gasteiger partial charge in [0.15, 0.2) is 0 Å². The van der Waals surface area contributed by atoms with Crippen molar-refractivity contribution in [1.82, 2.24) is 13.7 Å². The first-order valence-electron chi connectivity index (χ1n) is 24.0. The van der Waals surface area contributed by atoms with Crippen LogP contribution in [-0.2, 0) is 13.5 Å². The first kappa shape index (κ1) is 49.2. The Morgan fingerprint density at radius 2 is 0.859 bits per heavy atom. The molecule has 0 N–H and O–H groups in total. The second kappa shape index (κ2) is 22.1. The fraction of sp³-hybridized carbons (Fsp3) is 0.0938. The Labute approximate surface area is 438 Å². The van der Waals surface area contributed by atoms with Gasteiger partial charge >= 0.3 is 0 Å². The second-order valence-corrected chi connectivity index (χ2v) is 17.3. The SMILES string of the molecule is C/C=C\c1c(C)n(C)c2ccccc12.CC.SS.SS.c1ccc(-c2ccc3c(c2)c2cc(-c4ccc5c(c4)c4ccccc4n5-c4ccc5c(c4)-c4ccccc4C5)ccc2n3-c2ccccc2)cc1. The van der Waals surface area contributed by atoms with Crippen molar-refractivity contribution in [2.75, 3.05) is 0 Å². The molecule has 0 saturated heterocycles. The summed E-state index contributed by atoms with van der Waals surface area (Å²) >= 11 is 12.9. The van der Waals surface area contributed by atoms with Gasteiger partial charge in [0.25, 0.3) is 0 Å². The quantitative estimate of drug-likeness (QED) is 0.0971. The zero-order valence-corrected chi connectivity index (χ0v) is 44.2. The van der Waals surface area contributed by atoms with Gasteiger partial charge in [-0.25, -0.2) is 0 Å². The summed E-state index contributed by atoms with van der Waals surface area (Å²) in [6.45, 7) is 8.22. The number of para-hydroxylation sites is 3. The molecule has 13 rings (SSSR count). The number of hydrogen-bond acceptors (Lipinski definition) is 4. The van der Waals surface area contributed by atoms with Crippen LogP contribution in [0.15, 0.2) is 212 Å². The molecular weight excluding hydrogens is 939 g/mol. The van der Waals surface area contributed by atoms with Gasteiger partial charge in [-0.15, -0.1) is 46.6 Å². The average molecular weight is 996 g/mol. The minimum absolute atomic E-state index is 1.00. The molecule has 3 nitrogen and oxygen atoms in total. The lowest BCUT2D eigenvalue weighted by Crippen LogP contribution is -1.95. The maximum Gasteiger partial charge on any atom is 0.0541 e. The van der Waals surface area contributed by atoms with E-state index in [0.717, 1.165) is 6.42 Å². The van der Waals surface area contributed by atoms with Crippen LogP contribution in [0.2, 0.25) is 0 Å². The fourth-order valence-corrected chi connectivity index (χ4v) is 10.5. The zero-order valence-electron chi connectivity index (χ0n) is 40.6. The molecule has 0 fully saturated rings. The fourth-order valence-electron chi connectivity index (χ4n) is 10.5. The average Bonchev–Trinajstić information content (AvgIpc) is 4.16. The molecule has 1 aliphatic carbocycles. The minimum Gasteiger partial charge on any atom is -0.347 e. The number of hydrogen-bond donors (Lipinski definition) is 4. The van der Waals surface area contributed by atoms with Gasteiger partial charge in [-0.2, -0.15) is 0 Å². The number of nitrogens with zero attached hydrogens (tertiary/aromatic N) is 3. The minimum atomic E-state index is 1.00. The zero-order chi connectivity index (χ0) is 49.6. The van der Waals surface area contributed by atoms with E-state index in [2.05, 4.69) is 300 Å². The highest BCUT2D eigenvalue weighted by molar-refractivity contribution is 8.59. The monoisotopic (exact) mass is 995 g/mol. The van der Waals surface area contributed by atoms with Gasteiger partial charge in [-0.1, -0.05) is 159 Å². The van der Waals surface area contributed by atoms with E-state index in [0.29, 0.717) is 0 Å². The van der Waals surface area contributed by atoms with Crippen LogP contribution in [0.5, 0.6) is 0 Å². The molecule has 0 saturated carbocycles. The van der Waals surface area contributed by atoms with Crippen molar-refractivity contribution < 1.29 is 0 Å². The maximum absolute atomic E-state index is 3.22. The summed E-state index contributed by atoms with van der Waals surface area (Å²) in [7, 11) is 2.12. The summed E-state index contributed by atoms with van der Waals surface area (Å²) in [4.78, 5) is 0. The molecule has 3 aromatic heterocycles. The lowest BCUT2D eigenvalue weighted by Gasteiger charge is -2.11. The third kappa shape index (κ3) is 9.13. The predicted molar refractivity (Wildman–Crippen MR) is 324 cm³/mol. The topological polar surface area (TPSA) is 14.8 Å². The number of rotatable bonds is 5. The van der Waals surface area contributed by atoms with Crippen LogP contribution < -0.4 is 0 Å². The predicted octanol–water partition coefficient (Wildman–Crippen LogP) is 18.9. The molecule has 1 aliphatic rings. The Kier molecular flexibility index (Phi) is 15.4. The molecule has 0 bridgehead atoms. The third-order valence-corrected chi connectivity index (χ3v) is 13.7. The molecule has 352 valence electrons. The van der Waals surface area contributed by atoms with Crippen molar-refractivity contribution >= 4 is 107 Å². The summed E-state index contributed by atoms with van der Waals surface area (Å²) in [6.07, 6.45) is 5.27. The van der Waals surface area contributed by atoms with Gasteiger partial charge in [0.2, 0.25) is 0 Å². The van der Waals surface area contributed by atoms with Crippen molar-refractivity contribution in [3.63, 3.8) is 0 Å². The lowest BCUT2D eigenvalue weighted by atomic mass is 9.99. The van der Waals surface area contributed by atoms with E-state index in [-0.39, 0.29) is 0 Å². The van der Waals surface area contributed by atoms with Crippen molar-refractivity contribution in [2.24, 2.45) is 7.05 Å². The van der Waals surface area contributed by atoms with Crippen LogP contribution in [0.4, 0.5) is 0 Å². The Bertz CT molecular complexity index is 3840. The summed E-state index contributed by atoms with van der Waals surface area (Å²) in [5, 5.41) is 6.38. The first-order chi connectivity index (χ1) is 35.0. The molecule has 0 radical (unpaired) electrons. The normalized spacial score (nSPS) is 11.3. The van der Waals surface area contributed by atoms with Gasteiger partial charge in [0, 0.05) is 62.1 Å². The molecular formula is C64H57N3S4. The molecule has 9 aromatic carbocycles.